The molecule has 2 heterocycles. The number of aromatic nitrogens is 1. The number of nitrogens with one attached hydrogen (secondary N) is 1. The number of hydrogen-bond donors (Lipinski definition) is 2. The Bertz CT molecular complexity index is 1180. The summed E-state index contributed by atoms with van der Waals surface area (Å²) >= 11 is 12.7. The summed E-state index contributed by atoms with van der Waals surface area (Å²) in [5.41, 5.74) is 1.32. The minimum absolute atomic E-state index is 0.0491. The summed E-state index contributed by atoms with van der Waals surface area (Å²) in [4.78, 5) is 18.5. The van der Waals surface area contributed by atoms with Crippen molar-refractivity contribution in [1.29, 1.82) is 5.41 Å². The number of carbonyl (C=O) groups is 1. The molecule has 190 valence electrons. The first kappa shape index (κ1) is 25.1. The summed E-state index contributed by atoms with van der Waals surface area (Å²) in [5, 5.41) is 20.4. The predicted octanol–water partition coefficient (Wildman–Crippen LogP) is 5.70. The largest absolute Gasteiger partial charge is 0.512 e. The normalized spacial score (nSPS) is 23.9. The molecule has 2 atom stereocenters. The Kier molecular flexibility index (Phi) is 7.24. The molecule has 36 heavy (non-hydrogen) atoms. The van der Waals surface area contributed by atoms with Gasteiger partial charge in [-0.15, -0.1) is 0 Å². The number of halogens is 2. The third-order valence-corrected chi connectivity index (χ3v) is 8.04. The molecule has 0 amide bonds. The summed E-state index contributed by atoms with van der Waals surface area (Å²) in [5.74, 6) is 1.56. The van der Waals surface area contributed by atoms with Crippen LogP contribution in [0.2, 0.25) is 10.0 Å². The van der Waals surface area contributed by atoms with Crippen LogP contribution in [0.15, 0.2) is 47.7 Å². The molecule has 1 saturated heterocycles. The second kappa shape index (κ2) is 10.4. The number of carbonyl (C=O) groups excluding carboxylic acids is 1. The van der Waals surface area contributed by atoms with Crippen molar-refractivity contribution in [2.45, 2.75) is 31.8 Å². The van der Waals surface area contributed by atoms with Crippen molar-refractivity contribution in [1.82, 2.24) is 4.98 Å². The van der Waals surface area contributed by atoms with E-state index in [9.17, 15) is 9.90 Å². The lowest BCUT2D eigenvalue weighted by molar-refractivity contribution is 0.0594. The predicted molar refractivity (Wildman–Crippen MR) is 139 cm³/mol. The number of esters is 1. The number of anilines is 1. The minimum Gasteiger partial charge on any atom is -0.512 e. The molecule has 3 aliphatic rings. The maximum atomic E-state index is 11.8. The van der Waals surface area contributed by atoms with Crippen molar-refractivity contribution in [3.8, 4) is 0 Å². The Labute approximate surface area is 220 Å². The Morgan fingerprint density at radius 2 is 1.75 bits per heavy atom. The van der Waals surface area contributed by atoms with Crippen LogP contribution < -0.4 is 4.90 Å². The van der Waals surface area contributed by atoms with E-state index in [1.54, 1.807) is 24.3 Å². The lowest BCUT2D eigenvalue weighted by Crippen LogP contribution is -2.25. The van der Waals surface area contributed by atoms with Gasteiger partial charge in [-0.05, 0) is 61.8 Å². The van der Waals surface area contributed by atoms with Crippen LogP contribution in [0.25, 0.3) is 0 Å². The van der Waals surface area contributed by atoms with E-state index in [4.69, 9.17) is 38.1 Å². The van der Waals surface area contributed by atoms with Crippen LogP contribution in [-0.4, -0.2) is 54.7 Å². The monoisotopic (exact) mass is 529 g/mol. The van der Waals surface area contributed by atoms with E-state index in [1.165, 1.54) is 7.11 Å². The van der Waals surface area contributed by atoms with E-state index >= 15 is 0 Å². The molecule has 2 aromatic rings. The summed E-state index contributed by atoms with van der Waals surface area (Å²) in [6, 6.07) is 10.5. The number of allylic oxidation sites excluding steroid dienone is 1. The van der Waals surface area contributed by atoms with Crippen LogP contribution in [0.4, 0.5) is 5.82 Å². The van der Waals surface area contributed by atoms with Gasteiger partial charge in [-0.1, -0.05) is 35.3 Å². The van der Waals surface area contributed by atoms with Crippen LogP contribution in [0.3, 0.4) is 0 Å². The smallest absolute Gasteiger partial charge is 0.356 e. The van der Waals surface area contributed by atoms with Gasteiger partial charge in [0.1, 0.15) is 11.6 Å². The van der Waals surface area contributed by atoms with Gasteiger partial charge >= 0.3 is 5.97 Å². The Hall–Kier alpha value is -2.61. The number of rotatable bonds is 8. The van der Waals surface area contributed by atoms with Gasteiger partial charge in [0.2, 0.25) is 0 Å². The number of aliphatic hydroxyl groups excluding tert-OH is 1. The molecule has 2 saturated carbocycles. The summed E-state index contributed by atoms with van der Waals surface area (Å²) in [6.45, 7) is 1.85. The van der Waals surface area contributed by atoms with E-state index < -0.39 is 5.97 Å². The molecule has 9 heteroatoms. The van der Waals surface area contributed by atoms with Crippen molar-refractivity contribution in [3.63, 3.8) is 0 Å². The highest BCUT2D eigenvalue weighted by molar-refractivity contribution is 6.41. The van der Waals surface area contributed by atoms with E-state index in [2.05, 4.69) is 9.88 Å². The molecule has 2 N–H and O–H groups in total. The molecule has 2 aliphatic carbocycles. The Morgan fingerprint density at radius 1 is 1.11 bits per heavy atom. The Balaban J connectivity index is 1.23. The maximum absolute atomic E-state index is 11.8. The quantitative estimate of drug-likeness (QED) is 0.259. The fourth-order valence-electron chi connectivity index (χ4n) is 5.35. The van der Waals surface area contributed by atoms with E-state index in [-0.39, 0.29) is 30.1 Å². The maximum Gasteiger partial charge on any atom is 0.356 e. The van der Waals surface area contributed by atoms with Crippen LogP contribution in [-0.2, 0) is 9.47 Å². The number of methoxy groups -OCH3 is 1. The van der Waals surface area contributed by atoms with Crippen molar-refractivity contribution >= 4 is 40.7 Å². The zero-order valence-electron chi connectivity index (χ0n) is 20.0. The molecular weight excluding hydrogens is 501 g/mol. The number of hydrogen-bond acceptors (Lipinski definition) is 7. The molecule has 1 aromatic heterocycles. The van der Waals surface area contributed by atoms with Gasteiger partial charge in [-0.2, -0.15) is 0 Å². The summed E-state index contributed by atoms with van der Waals surface area (Å²) in [6.07, 6.45) is 3.67. The summed E-state index contributed by atoms with van der Waals surface area (Å²) in [7, 11) is 1.35. The topological polar surface area (TPSA) is 95.7 Å². The molecule has 1 aromatic carbocycles. The first-order valence-electron chi connectivity index (χ1n) is 12.2. The van der Waals surface area contributed by atoms with E-state index in [0.717, 1.165) is 44.6 Å². The molecule has 0 spiro atoms. The molecule has 2 unspecified atom stereocenters. The number of pyridine rings is 1. The van der Waals surface area contributed by atoms with Crippen molar-refractivity contribution in [2.24, 2.45) is 17.8 Å². The molecule has 1 aliphatic heterocycles. The molecule has 3 fully saturated rings. The van der Waals surface area contributed by atoms with E-state index in [1.807, 2.05) is 12.1 Å². The molecule has 7 nitrogen and oxygen atoms in total. The number of aliphatic hydroxyl groups is 1. The van der Waals surface area contributed by atoms with Crippen LogP contribution in [0.1, 0.15) is 41.7 Å². The van der Waals surface area contributed by atoms with Gasteiger partial charge in [-0.25, -0.2) is 9.78 Å². The average molecular weight is 530 g/mol. The highest BCUT2D eigenvalue weighted by Gasteiger charge is 2.42. The highest BCUT2D eigenvalue weighted by atomic mass is 35.5. The minimum atomic E-state index is -0.438. The van der Waals surface area contributed by atoms with Gasteiger partial charge in [0, 0.05) is 30.1 Å². The van der Waals surface area contributed by atoms with Crippen molar-refractivity contribution in [2.75, 3.05) is 31.7 Å². The van der Waals surface area contributed by atoms with Crippen molar-refractivity contribution < 1.29 is 19.4 Å². The van der Waals surface area contributed by atoms with Gasteiger partial charge in [0.05, 0.1) is 35.6 Å². The highest BCUT2D eigenvalue weighted by Crippen LogP contribution is 2.42. The van der Waals surface area contributed by atoms with Crippen LogP contribution in [0, 0.1) is 23.2 Å². The first-order chi connectivity index (χ1) is 17.4. The SMILES string of the molecule is COC(=O)c1cccc(N2CC3CC(OC/C(C(=N)c4c(Cl)cccc4Cl)=C(/O)C4CC4)CC3C2)n1. The third-order valence-electron chi connectivity index (χ3n) is 7.41. The lowest BCUT2D eigenvalue weighted by atomic mass is 10.00. The number of benzene rings is 1. The van der Waals surface area contributed by atoms with Gasteiger partial charge < -0.3 is 19.5 Å². The van der Waals surface area contributed by atoms with Gasteiger partial charge in [0.15, 0.2) is 5.69 Å². The summed E-state index contributed by atoms with van der Waals surface area (Å²) < 4.78 is 11.1. The Morgan fingerprint density at radius 3 is 2.36 bits per heavy atom. The lowest BCUT2D eigenvalue weighted by Gasteiger charge is -2.22. The first-order valence-corrected chi connectivity index (χ1v) is 13.0. The van der Waals surface area contributed by atoms with E-state index in [0.29, 0.717) is 38.7 Å². The van der Waals surface area contributed by atoms with Gasteiger partial charge in [0.25, 0.3) is 0 Å². The number of fused-ring (bicyclic) bond motifs is 1. The fourth-order valence-corrected chi connectivity index (χ4v) is 5.94. The number of nitrogens with zero attached hydrogens (tertiary/aromatic N) is 2. The molecule has 0 radical (unpaired) electrons. The van der Waals surface area contributed by atoms with Crippen LogP contribution >= 0.6 is 23.2 Å². The van der Waals surface area contributed by atoms with Gasteiger partial charge in [-0.3, -0.25) is 5.41 Å². The molecule has 5 rings (SSSR count). The standard InChI is InChI=1S/C27H29Cl2N3O4/c1-35-27(34)22-6-3-7-23(31-22)32-12-16-10-18(11-17(16)13-32)36-14-19(26(33)15-8-9-15)25(30)24-20(28)4-2-5-21(24)29/h2-7,15-18,30,33H,8-14H2,1H3/b26-19-,30-25?. The van der Waals surface area contributed by atoms with Crippen LogP contribution in [0.5, 0.6) is 0 Å². The average Bonchev–Trinajstić information content (AvgIpc) is 3.54. The number of ether oxygens (including phenoxy) is 2. The zero-order valence-corrected chi connectivity index (χ0v) is 21.6. The fraction of sp³-hybridized carbons (Fsp3) is 0.444. The molecule has 0 bridgehead atoms. The second-order valence-electron chi connectivity index (χ2n) is 9.81. The van der Waals surface area contributed by atoms with Crippen molar-refractivity contribution in [3.05, 3.63) is 69.0 Å². The third kappa shape index (κ3) is 5.10. The zero-order chi connectivity index (χ0) is 25.4. The molecular formula is C27H29Cl2N3O4. The second-order valence-corrected chi connectivity index (χ2v) is 10.6.